The van der Waals surface area contributed by atoms with Crippen molar-refractivity contribution in [2.75, 3.05) is 29.6 Å². The highest BCUT2D eigenvalue weighted by molar-refractivity contribution is 5.60. The van der Waals surface area contributed by atoms with Gasteiger partial charge in [-0.1, -0.05) is 5.16 Å². The van der Waals surface area contributed by atoms with Gasteiger partial charge in [-0.05, 0) is 37.3 Å². The van der Waals surface area contributed by atoms with Crippen LogP contribution in [0.4, 0.5) is 29.0 Å². The standard InChI is InChI=1S/C16H18N6O/c1-11-10-15(21-23-11)19-14-8-9-17-16(20-14)18-12-4-6-13(7-5-12)22(2)3/h4-10H,1-3H3,(H2,17,18,19,20,21). The molecule has 0 fully saturated rings. The van der Waals surface area contributed by atoms with E-state index < -0.39 is 0 Å². The fraction of sp³-hybridized carbons (Fsp3) is 0.188. The molecule has 0 saturated carbocycles. The predicted octanol–water partition coefficient (Wildman–Crippen LogP) is 3.33. The minimum Gasteiger partial charge on any atom is -0.378 e. The Hall–Kier alpha value is -3.09. The first-order chi connectivity index (χ1) is 11.1. The van der Waals surface area contributed by atoms with Crippen LogP contribution in [-0.2, 0) is 0 Å². The minimum atomic E-state index is 0.507. The summed E-state index contributed by atoms with van der Waals surface area (Å²) in [6.07, 6.45) is 1.68. The molecule has 0 unspecified atom stereocenters. The first-order valence-electron chi connectivity index (χ1n) is 7.18. The van der Waals surface area contributed by atoms with E-state index in [4.69, 9.17) is 4.52 Å². The van der Waals surface area contributed by atoms with Gasteiger partial charge in [0.1, 0.15) is 11.6 Å². The molecule has 0 radical (unpaired) electrons. The van der Waals surface area contributed by atoms with Gasteiger partial charge in [0, 0.05) is 37.7 Å². The normalized spacial score (nSPS) is 10.4. The lowest BCUT2D eigenvalue weighted by Gasteiger charge is -2.13. The fourth-order valence-corrected chi connectivity index (χ4v) is 2.02. The zero-order valence-corrected chi connectivity index (χ0v) is 13.2. The second-order valence-electron chi connectivity index (χ2n) is 5.28. The van der Waals surface area contributed by atoms with E-state index in [1.165, 1.54) is 0 Å². The van der Waals surface area contributed by atoms with Crippen LogP contribution >= 0.6 is 0 Å². The third kappa shape index (κ3) is 3.76. The van der Waals surface area contributed by atoms with Gasteiger partial charge in [-0.15, -0.1) is 0 Å². The van der Waals surface area contributed by atoms with Crippen molar-refractivity contribution in [2.45, 2.75) is 6.92 Å². The molecule has 3 aromatic rings. The van der Waals surface area contributed by atoms with Crippen LogP contribution in [0.15, 0.2) is 47.1 Å². The second kappa shape index (κ2) is 6.35. The highest BCUT2D eigenvalue weighted by Gasteiger charge is 2.04. The van der Waals surface area contributed by atoms with E-state index in [1.807, 2.05) is 50.2 Å². The van der Waals surface area contributed by atoms with Crippen LogP contribution < -0.4 is 15.5 Å². The van der Waals surface area contributed by atoms with E-state index in [2.05, 4.69) is 25.8 Å². The zero-order valence-electron chi connectivity index (χ0n) is 13.2. The van der Waals surface area contributed by atoms with Crippen LogP contribution in [0.5, 0.6) is 0 Å². The number of benzene rings is 1. The molecule has 0 spiro atoms. The number of anilines is 5. The van der Waals surface area contributed by atoms with Gasteiger partial charge < -0.3 is 20.1 Å². The van der Waals surface area contributed by atoms with Crippen molar-refractivity contribution in [3.63, 3.8) is 0 Å². The van der Waals surface area contributed by atoms with Crippen molar-refractivity contribution < 1.29 is 4.52 Å². The topological polar surface area (TPSA) is 79.1 Å². The lowest BCUT2D eigenvalue weighted by molar-refractivity contribution is 0.400. The van der Waals surface area contributed by atoms with E-state index in [0.717, 1.165) is 17.1 Å². The molecular formula is C16H18N6O. The van der Waals surface area contributed by atoms with Crippen molar-refractivity contribution in [2.24, 2.45) is 0 Å². The number of aryl methyl sites for hydroxylation is 1. The Kier molecular flexibility index (Phi) is 4.09. The highest BCUT2D eigenvalue weighted by Crippen LogP contribution is 2.20. The van der Waals surface area contributed by atoms with E-state index >= 15 is 0 Å². The Morgan fingerprint density at radius 2 is 1.78 bits per heavy atom. The number of nitrogens with zero attached hydrogens (tertiary/aromatic N) is 4. The Balaban J connectivity index is 1.72. The molecule has 2 aromatic heterocycles. The predicted molar refractivity (Wildman–Crippen MR) is 90.6 cm³/mol. The van der Waals surface area contributed by atoms with Crippen molar-refractivity contribution in [1.82, 2.24) is 15.1 Å². The lowest BCUT2D eigenvalue weighted by Crippen LogP contribution is -2.08. The monoisotopic (exact) mass is 310 g/mol. The molecule has 1 aromatic carbocycles. The van der Waals surface area contributed by atoms with Crippen LogP contribution in [-0.4, -0.2) is 29.2 Å². The molecule has 0 aliphatic rings. The maximum Gasteiger partial charge on any atom is 0.229 e. The van der Waals surface area contributed by atoms with Crippen LogP contribution in [0, 0.1) is 6.92 Å². The van der Waals surface area contributed by atoms with Gasteiger partial charge in [0.05, 0.1) is 0 Å². The molecule has 7 nitrogen and oxygen atoms in total. The first-order valence-corrected chi connectivity index (χ1v) is 7.18. The summed E-state index contributed by atoms with van der Waals surface area (Å²) in [6.45, 7) is 1.84. The molecule has 0 amide bonds. The molecule has 7 heteroatoms. The number of aromatic nitrogens is 3. The molecule has 0 atom stereocenters. The molecule has 3 rings (SSSR count). The van der Waals surface area contributed by atoms with Crippen molar-refractivity contribution >= 4 is 29.0 Å². The molecule has 0 aliphatic carbocycles. The Morgan fingerprint density at radius 1 is 1.00 bits per heavy atom. The summed E-state index contributed by atoms with van der Waals surface area (Å²) in [4.78, 5) is 10.7. The fourth-order valence-electron chi connectivity index (χ4n) is 2.02. The molecule has 0 saturated heterocycles. The molecule has 0 bridgehead atoms. The summed E-state index contributed by atoms with van der Waals surface area (Å²) in [7, 11) is 4.01. The summed E-state index contributed by atoms with van der Waals surface area (Å²) >= 11 is 0. The molecule has 23 heavy (non-hydrogen) atoms. The Bertz CT molecular complexity index is 781. The molecule has 0 aliphatic heterocycles. The summed E-state index contributed by atoms with van der Waals surface area (Å²) in [6, 6.07) is 11.6. The number of nitrogens with one attached hydrogen (secondary N) is 2. The highest BCUT2D eigenvalue weighted by atomic mass is 16.5. The number of hydrogen-bond acceptors (Lipinski definition) is 7. The van der Waals surface area contributed by atoms with Crippen LogP contribution in [0.2, 0.25) is 0 Å². The third-order valence-electron chi connectivity index (χ3n) is 3.18. The zero-order chi connectivity index (χ0) is 16.2. The van der Waals surface area contributed by atoms with E-state index in [1.54, 1.807) is 18.3 Å². The quantitative estimate of drug-likeness (QED) is 0.748. The maximum atomic E-state index is 5.02. The van der Waals surface area contributed by atoms with Gasteiger partial charge in [0.25, 0.3) is 0 Å². The average molecular weight is 310 g/mol. The second-order valence-corrected chi connectivity index (χ2v) is 5.28. The van der Waals surface area contributed by atoms with Gasteiger partial charge in [-0.3, -0.25) is 0 Å². The largest absolute Gasteiger partial charge is 0.378 e. The average Bonchev–Trinajstić information content (AvgIpc) is 2.93. The van der Waals surface area contributed by atoms with E-state index in [-0.39, 0.29) is 0 Å². The van der Waals surface area contributed by atoms with E-state index in [9.17, 15) is 0 Å². The summed E-state index contributed by atoms with van der Waals surface area (Å²) in [5, 5.41) is 10.1. The van der Waals surface area contributed by atoms with Crippen molar-refractivity contribution in [3.8, 4) is 0 Å². The first kappa shape index (κ1) is 14.8. The number of hydrogen-bond donors (Lipinski definition) is 2. The van der Waals surface area contributed by atoms with Gasteiger partial charge in [0.15, 0.2) is 5.82 Å². The Morgan fingerprint density at radius 3 is 2.43 bits per heavy atom. The molecule has 2 N–H and O–H groups in total. The van der Waals surface area contributed by atoms with Crippen LogP contribution in [0.25, 0.3) is 0 Å². The molecule has 118 valence electrons. The van der Waals surface area contributed by atoms with Crippen LogP contribution in [0.1, 0.15) is 5.76 Å². The maximum absolute atomic E-state index is 5.02. The number of rotatable bonds is 5. The SMILES string of the molecule is Cc1cc(Nc2ccnc(Nc3ccc(N(C)C)cc3)n2)no1. The smallest absolute Gasteiger partial charge is 0.229 e. The molecular weight excluding hydrogens is 292 g/mol. The summed E-state index contributed by atoms with van der Waals surface area (Å²) in [5.41, 5.74) is 2.05. The molecule has 2 heterocycles. The van der Waals surface area contributed by atoms with Gasteiger partial charge >= 0.3 is 0 Å². The minimum absolute atomic E-state index is 0.507. The van der Waals surface area contributed by atoms with Gasteiger partial charge in [-0.2, -0.15) is 4.98 Å². The Labute approximate surface area is 134 Å². The third-order valence-corrected chi connectivity index (χ3v) is 3.18. The van der Waals surface area contributed by atoms with Gasteiger partial charge in [-0.25, -0.2) is 4.98 Å². The summed E-state index contributed by atoms with van der Waals surface area (Å²) in [5.74, 6) is 2.50. The summed E-state index contributed by atoms with van der Waals surface area (Å²) < 4.78 is 5.02. The van der Waals surface area contributed by atoms with Crippen molar-refractivity contribution in [1.29, 1.82) is 0 Å². The van der Waals surface area contributed by atoms with E-state index in [0.29, 0.717) is 17.6 Å². The lowest BCUT2D eigenvalue weighted by atomic mass is 10.2. The van der Waals surface area contributed by atoms with Crippen LogP contribution in [0.3, 0.4) is 0 Å². The van der Waals surface area contributed by atoms with Crippen molar-refractivity contribution in [3.05, 3.63) is 48.4 Å². The van der Waals surface area contributed by atoms with Gasteiger partial charge in [0.2, 0.25) is 5.95 Å².